The minimum absolute atomic E-state index is 0.0437. The van der Waals surface area contributed by atoms with Gasteiger partial charge in [0.05, 0.1) is 17.2 Å². The maximum absolute atomic E-state index is 14.2. The van der Waals surface area contributed by atoms with Crippen molar-refractivity contribution in [2.24, 2.45) is 0 Å². The third kappa shape index (κ3) is 8.58. The van der Waals surface area contributed by atoms with Crippen molar-refractivity contribution in [2.75, 3.05) is 24.0 Å². The molecule has 10 heteroatoms. The Hall–Kier alpha value is -3.37. The van der Waals surface area contributed by atoms with E-state index in [1.54, 1.807) is 36.4 Å². The van der Waals surface area contributed by atoms with E-state index in [9.17, 15) is 18.0 Å². The summed E-state index contributed by atoms with van der Waals surface area (Å²) < 4.78 is 35.4. The average molecular weight is 659 g/mol. The standard InChI is InChI=1S/C32H40BrN3O5S/c1-5-8-21-34-32(38)30(6-2)35(22-25-12-10-9-11-24(25)4)31(37)23-36(27-15-17-28(18-16-27)41-7-3)42(39,40)29-19-13-26(33)14-20-29/h9-20,30H,5-8,21-23H2,1-4H3,(H,34,38). The summed E-state index contributed by atoms with van der Waals surface area (Å²) >= 11 is 3.35. The van der Waals surface area contributed by atoms with Crippen molar-refractivity contribution in [3.63, 3.8) is 0 Å². The minimum atomic E-state index is -4.15. The number of nitrogens with zero attached hydrogens (tertiary/aromatic N) is 2. The number of unbranched alkanes of at least 4 members (excludes halogenated alkanes) is 1. The molecule has 0 aromatic heterocycles. The lowest BCUT2D eigenvalue weighted by Crippen LogP contribution is -2.52. The Morgan fingerprint density at radius 2 is 1.62 bits per heavy atom. The highest BCUT2D eigenvalue weighted by molar-refractivity contribution is 9.10. The second-order valence-corrected chi connectivity index (χ2v) is 12.7. The molecule has 2 amide bonds. The molecule has 0 aliphatic carbocycles. The van der Waals surface area contributed by atoms with Crippen LogP contribution in [0, 0.1) is 6.92 Å². The monoisotopic (exact) mass is 657 g/mol. The van der Waals surface area contributed by atoms with Gasteiger partial charge in [0.2, 0.25) is 11.8 Å². The molecule has 0 aliphatic rings. The van der Waals surface area contributed by atoms with Crippen LogP contribution in [0.1, 0.15) is 51.2 Å². The van der Waals surface area contributed by atoms with Crippen molar-refractivity contribution in [1.29, 1.82) is 0 Å². The van der Waals surface area contributed by atoms with Crippen molar-refractivity contribution >= 4 is 43.5 Å². The molecule has 1 atom stereocenters. The lowest BCUT2D eigenvalue weighted by Gasteiger charge is -2.33. The minimum Gasteiger partial charge on any atom is -0.494 e. The molecule has 0 radical (unpaired) electrons. The molecule has 3 aromatic carbocycles. The molecule has 42 heavy (non-hydrogen) atoms. The van der Waals surface area contributed by atoms with E-state index in [0.29, 0.717) is 31.0 Å². The van der Waals surface area contributed by atoms with Gasteiger partial charge in [-0.2, -0.15) is 0 Å². The first-order valence-electron chi connectivity index (χ1n) is 14.2. The number of benzene rings is 3. The highest BCUT2D eigenvalue weighted by Gasteiger charge is 2.33. The Morgan fingerprint density at radius 1 is 0.952 bits per heavy atom. The summed E-state index contributed by atoms with van der Waals surface area (Å²) in [6.45, 7) is 8.36. The van der Waals surface area contributed by atoms with Crippen LogP contribution in [0.4, 0.5) is 5.69 Å². The van der Waals surface area contributed by atoms with E-state index in [1.165, 1.54) is 17.0 Å². The number of anilines is 1. The molecule has 0 aliphatic heterocycles. The number of carbonyl (C=O) groups excluding carboxylic acids is 2. The average Bonchev–Trinajstić information content (AvgIpc) is 2.97. The number of nitrogens with one attached hydrogen (secondary N) is 1. The van der Waals surface area contributed by atoms with E-state index in [-0.39, 0.29) is 17.3 Å². The number of aryl methyl sites for hydroxylation is 1. The van der Waals surface area contributed by atoms with Crippen LogP contribution < -0.4 is 14.4 Å². The Labute approximate surface area is 258 Å². The summed E-state index contributed by atoms with van der Waals surface area (Å²) in [6, 6.07) is 19.8. The Morgan fingerprint density at radius 3 is 2.21 bits per heavy atom. The summed E-state index contributed by atoms with van der Waals surface area (Å²) in [4.78, 5) is 29.1. The summed E-state index contributed by atoms with van der Waals surface area (Å²) in [5.41, 5.74) is 2.17. The normalized spacial score (nSPS) is 11.9. The van der Waals surface area contributed by atoms with Crippen molar-refractivity contribution in [1.82, 2.24) is 10.2 Å². The van der Waals surface area contributed by atoms with Gasteiger partial charge >= 0.3 is 0 Å². The topological polar surface area (TPSA) is 96.0 Å². The molecule has 8 nitrogen and oxygen atoms in total. The molecule has 3 aromatic rings. The second-order valence-electron chi connectivity index (χ2n) is 9.91. The van der Waals surface area contributed by atoms with Crippen LogP contribution in [0.2, 0.25) is 0 Å². The number of amides is 2. The molecule has 0 bridgehead atoms. The fourth-order valence-electron chi connectivity index (χ4n) is 4.53. The van der Waals surface area contributed by atoms with Gasteiger partial charge < -0.3 is 15.0 Å². The molecule has 1 N–H and O–H groups in total. The Balaban J connectivity index is 2.05. The molecule has 0 saturated carbocycles. The first-order valence-corrected chi connectivity index (χ1v) is 16.5. The van der Waals surface area contributed by atoms with Gasteiger partial charge in [-0.25, -0.2) is 8.42 Å². The second kappa shape index (κ2) is 15.7. The largest absolute Gasteiger partial charge is 0.494 e. The number of halogens is 1. The maximum atomic E-state index is 14.2. The fourth-order valence-corrected chi connectivity index (χ4v) is 6.21. The van der Waals surface area contributed by atoms with E-state index in [0.717, 1.165) is 32.7 Å². The zero-order valence-corrected chi connectivity index (χ0v) is 27.1. The van der Waals surface area contributed by atoms with Gasteiger partial charge in [-0.15, -0.1) is 0 Å². The van der Waals surface area contributed by atoms with Crippen LogP contribution in [0.15, 0.2) is 82.2 Å². The Bertz CT molecular complexity index is 1430. The van der Waals surface area contributed by atoms with E-state index in [4.69, 9.17) is 4.74 Å². The summed E-state index contributed by atoms with van der Waals surface area (Å²) in [5.74, 6) is -0.147. The van der Waals surface area contributed by atoms with Gasteiger partial charge in [0.25, 0.3) is 10.0 Å². The first-order chi connectivity index (χ1) is 20.1. The lowest BCUT2D eigenvalue weighted by molar-refractivity contribution is -0.140. The molecule has 3 rings (SSSR count). The highest BCUT2D eigenvalue weighted by atomic mass is 79.9. The van der Waals surface area contributed by atoms with Crippen LogP contribution >= 0.6 is 15.9 Å². The lowest BCUT2D eigenvalue weighted by atomic mass is 10.1. The van der Waals surface area contributed by atoms with Crippen LogP contribution in [-0.2, 0) is 26.2 Å². The SMILES string of the molecule is CCCCNC(=O)C(CC)N(Cc1ccccc1C)C(=O)CN(c1ccc(OCC)cc1)S(=O)(=O)c1ccc(Br)cc1. The summed E-state index contributed by atoms with van der Waals surface area (Å²) in [5, 5.41) is 2.95. The molecule has 0 fully saturated rings. The number of rotatable bonds is 15. The van der Waals surface area contributed by atoms with E-state index >= 15 is 0 Å². The first kappa shape index (κ1) is 33.1. The van der Waals surface area contributed by atoms with Crippen LogP contribution in [-0.4, -0.2) is 50.9 Å². The third-order valence-corrected chi connectivity index (χ3v) is 9.25. The van der Waals surface area contributed by atoms with Crippen LogP contribution in [0.25, 0.3) is 0 Å². The van der Waals surface area contributed by atoms with Gasteiger partial charge in [0.15, 0.2) is 0 Å². The number of hydrogen-bond donors (Lipinski definition) is 1. The van der Waals surface area contributed by atoms with Crippen molar-refractivity contribution in [3.8, 4) is 5.75 Å². The zero-order valence-electron chi connectivity index (χ0n) is 24.7. The number of sulfonamides is 1. The third-order valence-electron chi connectivity index (χ3n) is 6.93. The molecular weight excluding hydrogens is 618 g/mol. The van der Waals surface area contributed by atoms with E-state index in [2.05, 4.69) is 21.2 Å². The molecule has 0 heterocycles. The van der Waals surface area contributed by atoms with E-state index < -0.39 is 28.5 Å². The van der Waals surface area contributed by atoms with Crippen molar-refractivity contribution in [3.05, 3.63) is 88.4 Å². The van der Waals surface area contributed by atoms with Gasteiger partial charge in [-0.3, -0.25) is 13.9 Å². The van der Waals surface area contributed by atoms with Crippen LogP contribution in [0.3, 0.4) is 0 Å². The molecular formula is C32H40BrN3O5S. The summed E-state index contributed by atoms with van der Waals surface area (Å²) in [6.07, 6.45) is 2.12. The van der Waals surface area contributed by atoms with Gasteiger partial charge in [-0.1, -0.05) is 60.5 Å². The quantitative estimate of drug-likeness (QED) is 0.200. The fraction of sp³-hybridized carbons (Fsp3) is 0.375. The molecule has 1 unspecified atom stereocenters. The predicted molar refractivity (Wildman–Crippen MR) is 170 cm³/mol. The molecule has 0 saturated heterocycles. The van der Waals surface area contributed by atoms with Crippen molar-refractivity contribution < 1.29 is 22.7 Å². The number of hydrogen-bond acceptors (Lipinski definition) is 5. The number of carbonyl (C=O) groups is 2. The molecule has 226 valence electrons. The van der Waals surface area contributed by atoms with Gasteiger partial charge in [-0.05, 0) is 86.3 Å². The maximum Gasteiger partial charge on any atom is 0.264 e. The Kier molecular flexibility index (Phi) is 12.4. The predicted octanol–water partition coefficient (Wildman–Crippen LogP) is 6.08. The van der Waals surface area contributed by atoms with Gasteiger partial charge in [0, 0.05) is 17.6 Å². The van der Waals surface area contributed by atoms with E-state index in [1.807, 2.05) is 52.0 Å². The van der Waals surface area contributed by atoms with Crippen molar-refractivity contribution in [2.45, 2.75) is 64.4 Å². The molecule has 0 spiro atoms. The smallest absolute Gasteiger partial charge is 0.264 e. The zero-order chi connectivity index (χ0) is 30.7. The van der Waals surface area contributed by atoms with Gasteiger partial charge in [0.1, 0.15) is 18.3 Å². The number of ether oxygens (including phenoxy) is 1. The highest BCUT2D eigenvalue weighted by Crippen LogP contribution is 2.28. The van der Waals surface area contributed by atoms with Crippen LogP contribution in [0.5, 0.6) is 5.75 Å². The summed E-state index contributed by atoms with van der Waals surface area (Å²) in [7, 11) is -4.15.